The Bertz CT molecular complexity index is 577. The van der Waals surface area contributed by atoms with E-state index >= 15 is 0 Å². The number of aliphatic hydroxyl groups is 1. The number of hydrogen-bond acceptors (Lipinski definition) is 1. The van der Waals surface area contributed by atoms with Crippen molar-refractivity contribution in [2.24, 2.45) is 46.3 Å². The Hall–Kier alpha value is -0.300. The topological polar surface area (TPSA) is 20.2 Å². The number of rotatable bonds is 4. The van der Waals surface area contributed by atoms with Gasteiger partial charge in [0.25, 0.3) is 0 Å². The summed E-state index contributed by atoms with van der Waals surface area (Å²) in [5.41, 5.74) is 2.60. The van der Waals surface area contributed by atoms with Crippen LogP contribution in [-0.4, -0.2) is 11.2 Å². The van der Waals surface area contributed by atoms with E-state index < -0.39 is 0 Å². The maximum Gasteiger partial charge on any atom is 0.0577 e. The minimum absolute atomic E-state index is 0.0765. The molecule has 4 aliphatic carbocycles. The van der Waals surface area contributed by atoms with Crippen molar-refractivity contribution in [2.45, 2.75) is 105 Å². The highest BCUT2D eigenvalue weighted by Gasteiger charge is 2.59. The highest BCUT2D eigenvalue weighted by atomic mass is 16.3. The number of hydrogen-bond donors (Lipinski definition) is 1. The molecular formula is C26H44O. The van der Waals surface area contributed by atoms with Gasteiger partial charge in [0.2, 0.25) is 0 Å². The minimum atomic E-state index is -0.0765. The first-order chi connectivity index (χ1) is 12.8. The van der Waals surface area contributed by atoms with Crippen LogP contribution in [-0.2, 0) is 0 Å². The van der Waals surface area contributed by atoms with Gasteiger partial charge in [-0.25, -0.2) is 0 Å². The molecule has 0 radical (unpaired) electrons. The quantitative estimate of drug-likeness (QED) is 0.527. The van der Waals surface area contributed by atoms with E-state index in [1.807, 2.05) is 0 Å². The Balaban J connectivity index is 1.53. The fourth-order valence-electron chi connectivity index (χ4n) is 8.41. The molecule has 4 aliphatic rings. The van der Waals surface area contributed by atoms with Gasteiger partial charge in [-0.1, -0.05) is 59.1 Å². The molecule has 27 heavy (non-hydrogen) atoms. The number of aliphatic hydroxyl groups excluding tert-OH is 1. The van der Waals surface area contributed by atoms with Gasteiger partial charge in [-0.3, -0.25) is 0 Å². The highest BCUT2D eigenvalue weighted by molar-refractivity contribution is 5.25. The number of fused-ring (bicyclic) bond motifs is 5. The number of allylic oxidation sites excluding steroid dienone is 1. The van der Waals surface area contributed by atoms with Crippen LogP contribution in [0.3, 0.4) is 0 Å². The zero-order valence-corrected chi connectivity index (χ0v) is 18.6. The van der Waals surface area contributed by atoms with Crippen molar-refractivity contribution in [3.63, 3.8) is 0 Å². The van der Waals surface area contributed by atoms with Crippen molar-refractivity contribution in [2.75, 3.05) is 0 Å². The molecule has 3 saturated carbocycles. The van der Waals surface area contributed by atoms with Crippen molar-refractivity contribution in [3.8, 4) is 0 Å². The van der Waals surface area contributed by atoms with Crippen LogP contribution < -0.4 is 0 Å². The molecule has 0 aromatic heterocycles. The first-order valence-electron chi connectivity index (χ1n) is 12.1. The van der Waals surface area contributed by atoms with Gasteiger partial charge in [-0.15, -0.1) is 0 Å². The second-order valence-corrected chi connectivity index (χ2v) is 11.8. The molecule has 0 bridgehead atoms. The second kappa shape index (κ2) is 7.19. The summed E-state index contributed by atoms with van der Waals surface area (Å²) in [6, 6.07) is 0. The van der Waals surface area contributed by atoms with Gasteiger partial charge < -0.3 is 5.11 Å². The maximum atomic E-state index is 10.2. The first kappa shape index (κ1) is 20.0. The molecular weight excluding hydrogens is 328 g/mol. The van der Waals surface area contributed by atoms with Gasteiger partial charge >= 0.3 is 0 Å². The normalized spacial score (nSPS) is 47.8. The summed E-state index contributed by atoms with van der Waals surface area (Å²) in [4.78, 5) is 0. The van der Waals surface area contributed by atoms with E-state index in [0.29, 0.717) is 10.8 Å². The van der Waals surface area contributed by atoms with Crippen LogP contribution in [0.5, 0.6) is 0 Å². The second-order valence-electron chi connectivity index (χ2n) is 11.8. The van der Waals surface area contributed by atoms with E-state index in [1.165, 1.54) is 51.4 Å². The molecule has 4 rings (SSSR count). The van der Waals surface area contributed by atoms with Gasteiger partial charge in [-0.05, 0) is 97.7 Å². The molecule has 0 aromatic rings. The summed E-state index contributed by atoms with van der Waals surface area (Å²) in [6.07, 6.45) is 15.7. The SMILES string of the molecule is CC(C)CCC(C)C1CCC2[C@@H]3CC=C4C[C@@H](O)CC[C@]4(C)C3CC[C@]12C. The summed E-state index contributed by atoms with van der Waals surface area (Å²) in [5.74, 6) is 5.44. The summed E-state index contributed by atoms with van der Waals surface area (Å²) in [6.45, 7) is 12.6. The fourth-order valence-corrected chi connectivity index (χ4v) is 8.41. The monoisotopic (exact) mass is 372 g/mol. The Kier molecular flexibility index (Phi) is 5.32. The van der Waals surface area contributed by atoms with Gasteiger partial charge in [0.1, 0.15) is 0 Å². The predicted molar refractivity (Wildman–Crippen MR) is 114 cm³/mol. The van der Waals surface area contributed by atoms with Crippen LogP contribution in [0, 0.1) is 46.3 Å². The Morgan fingerprint density at radius 2 is 1.78 bits per heavy atom. The van der Waals surface area contributed by atoms with E-state index in [9.17, 15) is 5.11 Å². The molecule has 0 amide bonds. The molecule has 8 atom stereocenters. The zero-order valence-electron chi connectivity index (χ0n) is 18.6. The average Bonchev–Trinajstić information content (AvgIpc) is 2.97. The smallest absolute Gasteiger partial charge is 0.0577 e. The maximum absolute atomic E-state index is 10.2. The van der Waals surface area contributed by atoms with E-state index in [0.717, 1.165) is 48.3 Å². The lowest BCUT2D eigenvalue weighted by Gasteiger charge is -2.58. The zero-order chi connectivity index (χ0) is 19.4. The molecule has 4 unspecified atom stereocenters. The third kappa shape index (κ3) is 3.24. The Morgan fingerprint density at radius 1 is 1.00 bits per heavy atom. The van der Waals surface area contributed by atoms with Crippen LogP contribution in [0.15, 0.2) is 11.6 Å². The Labute approximate surface area is 168 Å². The van der Waals surface area contributed by atoms with Crippen LogP contribution in [0.4, 0.5) is 0 Å². The molecule has 154 valence electrons. The highest BCUT2D eigenvalue weighted by Crippen LogP contribution is 2.67. The molecule has 0 heterocycles. The van der Waals surface area contributed by atoms with Crippen molar-refractivity contribution >= 4 is 0 Å². The van der Waals surface area contributed by atoms with Crippen molar-refractivity contribution in [1.29, 1.82) is 0 Å². The van der Waals surface area contributed by atoms with E-state index in [4.69, 9.17) is 0 Å². The van der Waals surface area contributed by atoms with Gasteiger partial charge in [-0.2, -0.15) is 0 Å². The molecule has 1 nitrogen and oxygen atoms in total. The molecule has 0 aromatic carbocycles. The van der Waals surface area contributed by atoms with Gasteiger partial charge in [0.05, 0.1) is 6.10 Å². The summed E-state index contributed by atoms with van der Waals surface area (Å²) in [5, 5.41) is 10.2. The van der Waals surface area contributed by atoms with E-state index in [-0.39, 0.29) is 6.10 Å². The third-order valence-electron chi connectivity index (χ3n) is 10.0. The molecule has 1 heteroatoms. The van der Waals surface area contributed by atoms with Crippen molar-refractivity contribution in [1.82, 2.24) is 0 Å². The van der Waals surface area contributed by atoms with Gasteiger partial charge in [0.15, 0.2) is 0 Å². The average molecular weight is 373 g/mol. The van der Waals surface area contributed by atoms with E-state index in [2.05, 4.69) is 40.7 Å². The molecule has 1 N–H and O–H groups in total. The standard InChI is InChI=1S/C26H44O/c1-17(2)6-7-18(3)22-10-11-23-21-9-8-19-16-20(27)12-14-25(19,4)24(21)13-15-26(22,23)5/h8,17-18,20-24,27H,6-7,9-16H2,1-5H3/t18?,20-,21-,22?,23?,24?,25-,26+/m0/s1. The lowest BCUT2D eigenvalue weighted by Crippen LogP contribution is -2.50. The van der Waals surface area contributed by atoms with Crippen LogP contribution >= 0.6 is 0 Å². The largest absolute Gasteiger partial charge is 0.393 e. The van der Waals surface area contributed by atoms with Crippen LogP contribution in [0.25, 0.3) is 0 Å². The van der Waals surface area contributed by atoms with Crippen molar-refractivity contribution < 1.29 is 5.11 Å². The lowest BCUT2D eigenvalue weighted by atomic mass is 9.47. The minimum Gasteiger partial charge on any atom is -0.393 e. The molecule has 0 saturated heterocycles. The van der Waals surface area contributed by atoms with E-state index in [1.54, 1.807) is 5.57 Å². The van der Waals surface area contributed by atoms with Crippen molar-refractivity contribution in [3.05, 3.63) is 11.6 Å². The Morgan fingerprint density at radius 3 is 2.52 bits per heavy atom. The molecule has 3 fully saturated rings. The summed E-state index contributed by atoms with van der Waals surface area (Å²) < 4.78 is 0. The third-order valence-corrected chi connectivity index (χ3v) is 10.0. The fraction of sp³-hybridized carbons (Fsp3) is 0.923. The first-order valence-corrected chi connectivity index (χ1v) is 12.1. The van der Waals surface area contributed by atoms with Crippen LogP contribution in [0.1, 0.15) is 98.8 Å². The summed E-state index contributed by atoms with van der Waals surface area (Å²) >= 11 is 0. The van der Waals surface area contributed by atoms with Gasteiger partial charge in [0, 0.05) is 0 Å². The molecule has 0 spiro atoms. The van der Waals surface area contributed by atoms with Crippen LogP contribution in [0.2, 0.25) is 0 Å². The molecule has 0 aliphatic heterocycles. The summed E-state index contributed by atoms with van der Waals surface area (Å²) in [7, 11) is 0. The predicted octanol–water partition coefficient (Wildman–Crippen LogP) is 7.00. The lowest BCUT2D eigenvalue weighted by molar-refractivity contribution is -0.0574.